The maximum atomic E-state index is 12.0. The average Bonchev–Trinajstić information content (AvgIpc) is 2.46. The Kier molecular flexibility index (Phi) is 2.57. The summed E-state index contributed by atoms with van der Waals surface area (Å²) >= 11 is 0. The number of phenols is 1. The Hall–Kier alpha value is -1.31. The Morgan fingerprint density at radius 3 is 2.47 bits per heavy atom. The number of ketones is 1. The molecule has 2 nitrogen and oxygen atoms in total. The summed E-state index contributed by atoms with van der Waals surface area (Å²) in [4.78, 5) is 12.0. The molecule has 1 atom stereocenters. The number of carbonyl (C=O) groups excluding carboxylic acids is 1. The van der Waals surface area contributed by atoms with Crippen molar-refractivity contribution >= 4 is 5.78 Å². The third kappa shape index (κ3) is 1.76. The fourth-order valence-corrected chi connectivity index (χ4v) is 2.79. The quantitative estimate of drug-likeness (QED) is 0.740. The molecule has 0 fully saturated rings. The van der Waals surface area contributed by atoms with E-state index in [1.54, 1.807) is 0 Å². The summed E-state index contributed by atoms with van der Waals surface area (Å²) in [7, 11) is 0. The highest BCUT2D eigenvalue weighted by molar-refractivity contribution is 6.04. The zero-order chi connectivity index (χ0) is 13.0. The van der Waals surface area contributed by atoms with Gasteiger partial charge in [0.15, 0.2) is 5.78 Å². The second-order valence-electron chi connectivity index (χ2n) is 6.16. The molecule has 0 spiro atoms. The minimum atomic E-state index is -0.143. The van der Waals surface area contributed by atoms with Crippen molar-refractivity contribution in [1.29, 1.82) is 0 Å². The maximum absolute atomic E-state index is 12.0. The van der Waals surface area contributed by atoms with Gasteiger partial charge in [-0.3, -0.25) is 4.79 Å². The molecule has 1 unspecified atom stereocenters. The highest BCUT2D eigenvalue weighted by atomic mass is 16.3. The first-order chi connectivity index (χ1) is 7.73. The SMILES string of the molecule is Cc1cc(C(C)(C)C)c(O)c2c1C(C)CC2=O. The van der Waals surface area contributed by atoms with Gasteiger partial charge >= 0.3 is 0 Å². The number of benzene rings is 1. The van der Waals surface area contributed by atoms with Gasteiger partial charge in [-0.25, -0.2) is 0 Å². The molecule has 1 aliphatic rings. The Balaban J connectivity index is 2.77. The molecule has 0 saturated heterocycles. The number of aromatic hydroxyl groups is 1. The van der Waals surface area contributed by atoms with Gasteiger partial charge in [0.05, 0.1) is 5.56 Å². The Morgan fingerprint density at radius 1 is 1.35 bits per heavy atom. The van der Waals surface area contributed by atoms with E-state index in [1.165, 1.54) is 0 Å². The van der Waals surface area contributed by atoms with Crippen LogP contribution in [0.3, 0.4) is 0 Å². The molecular weight excluding hydrogens is 212 g/mol. The molecule has 0 radical (unpaired) electrons. The topological polar surface area (TPSA) is 37.3 Å². The van der Waals surface area contributed by atoms with Gasteiger partial charge in [-0.05, 0) is 29.4 Å². The lowest BCUT2D eigenvalue weighted by Gasteiger charge is -2.23. The summed E-state index contributed by atoms with van der Waals surface area (Å²) in [5, 5.41) is 10.3. The summed E-state index contributed by atoms with van der Waals surface area (Å²) in [5.41, 5.74) is 3.47. The number of fused-ring (bicyclic) bond motifs is 1. The van der Waals surface area contributed by atoms with Gasteiger partial charge in [0.25, 0.3) is 0 Å². The first-order valence-electron chi connectivity index (χ1n) is 6.13. The van der Waals surface area contributed by atoms with Crippen LogP contribution in [0.25, 0.3) is 0 Å². The van der Waals surface area contributed by atoms with E-state index in [9.17, 15) is 9.90 Å². The van der Waals surface area contributed by atoms with E-state index in [0.717, 1.165) is 16.7 Å². The summed E-state index contributed by atoms with van der Waals surface area (Å²) in [6.45, 7) is 10.2. The zero-order valence-electron chi connectivity index (χ0n) is 11.2. The van der Waals surface area contributed by atoms with Crippen molar-refractivity contribution in [2.45, 2.75) is 52.4 Å². The van der Waals surface area contributed by atoms with Crippen LogP contribution in [0.15, 0.2) is 6.07 Å². The van der Waals surface area contributed by atoms with Gasteiger partial charge in [0.2, 0.25) is 0 Å². The lowest BCUT2D eigenvalue weighted by atomic mass is 9.82. The van der Waals surface area contributed by atoms with E-state index in [2.05, 4.69) is 20.8 Å². The van der Waals surface area contributed by atoms with Gasteiger partial charge in [-0.2, -0.15) is 0 Å². The van der Waals surface area contributed by atoms with Crippen molar-refractivity contribution in [2.75, 3.05) is 0 Å². The first-order valence-corrected chi connectivity index (χ1v) is 6.13. The van der Waals surface area contributed by atoms with Crippen LogP contribution in [0.4, 0.5) is 0 Å². The monoisotopic (exact) mass is 232 g/mol. The van der Waals surface area contributed by atoms with Gasteiger partial charge in [0, 0.05) is 12.0 Å². The molecule has 2 heteroatoms. The molecule has 1 N–H and O–H groups in total. The van der Waals surface area contributed by atoms with E-state index in [4.69, 9.17) is 0 Å². The Labute approximate surface area is 103 Å². The van der Waals surface area contributed by atoms with Crippen molar-refractivity contribution in [1.82, 2.24) is 0 Å². The predicted octanol–water partition coefficient (Wildman–Crippen LogP) is 3.69. The van der Waals surface area contributed by atoms with Gasteiger partial charge in [-0.1, -0.05) is 33.8 Å². The van der Waals surface area contributed by atoms with E-state index < -0.39 is 0 Å². The fraction of sp³-hybridized carbons (Fsp3) is 0.533. The smallest absolute Gasteiger partial charge is 0.167 e. The van der Waals surface area contributed by atoms with E-state index in [0.29, 0.717) is 12.0 Å². The third-order valence-corrected chi connectivity index (χ3v) is 3.62. The fourth-order valence-electron chi connectivity index (χ4n) is 2.79. The summed E-state index contributed by atoms with van der Waals surface area (Å²) in [6.07, 6.45) is 0.525. The molecule has 1 aromatic carbocycles. The van der Waals surface area contributed by atoms with Gasteiger partial charge in [-0.15, -0.1) is 0 Å². The van der Waals surface area contributed by atoms with Crippen LogP contribution < -0.4 is 0 Å². The third-order valence-electron chi connectivity index (χ3n) is 3.62. The molecule has 92 valence electrons. The molecule has 0 aliphatic heterocycles. The first kappa shape index (κ1) is 12.2. The van der Waals surface area contributed by atoms with Crippen molar-refractivity contribution in [2.24, 2.45) is 0 Å². The van der Waals surface area contributed by atoms with Crippen LogP contribution in [0.5, 0.6) is 5.75 Å². The molecule has 0 heterocycles. The van der Waals surface area contributed by atoms with Gasteiger partial charge in [0.1, 0.15) is 5.75 Å². The van der Waals surface area contributed by atoms with Crippen molar-refractivity contribution < 1.29 is 9.90 Å². The lowest BCUT2D eigenvalue weighted by Crippen LogP contribution is -2.13. The number of carbonyl (C=O) groups is 1. The van der Waals surface area contributed by atoms with Crippen molar-refractivity contribution in [3.05, 3.63) is 28.3 Å². The minimum absolute atomic E-state index is 0.0826. The number of Topliss-reactive ketones (excluding diaryl/α,β-unsaturated/α-hetero) is 1. The molecular formula is C15H20O2. The number of hydrogen-bond donors (Lipinski definition) is 1. The Bertz CT molecular complexity index is 493. The van der Waals surface area contributed by atoms with Crippen LogP contribution in [-0.2, 0) is 5.41 Å². The van der Waals surface area contributed by atoms with E-state index in [1.807, 2.05) is 19.9 Å². The van der Waals surface area contributed by atoms with Crippen LogP contribution in [0, 0.1) is 6.92 Å². The van der Waals surface area contributed by atoms with Crippen LogP contribution in [0.2, 0.25) is 0 Å². The van der Waals surface area contributed by atoms with Crippen molar-refractivity contribution in [3.63, 3.8) is 0 Å². The molecule has 0 amide bonds. The summed E-state index contributed by atoms with van der Waals surface area (Å²) < 4.78 is 0. The highest BCUT2D eigenvalue weighted by Gasteiger charge is 2.34. The molecule has 1 aromatic rings. The molecule has 0 saturated carbocycles. The summed E-state index contributed by atoms with van der Waals surface area (Å²) in [5.74, 6) is 0.518. The molecule has 0 bridgehead atoms. The van der Waals surface area contributed by atoms with Crippen LogP contribution in [-0.4, -0.2) is 10.9 Å². The van der Waals surface area contributed by atoms with Crippen LogP contribution >= 0.6 is 0 Å². The molecule has 0 aromatic heterocycles. The average molecular weight is 232 g/mol. The predicted molar refractivity (Wildman–Crippen MR) is 68.9 cm³/mol. The zero-order valence-corrected chi connectivity index (χ0v) is 11.2. The largest absolute Gasteiger partial charge is 0.507 e. The normalized spacial score (nSPS) is 19.6. The minimum Gasteiger partial charge on any atom is -0.507 e. The Morgan fingerprint density at radius 2 is 1.94 bits per heavy atom. The standard InChI is InChI=1S/C15H20O2/c1-8-6-10(15(3,4)5)14(17)13-11(16)7-9(2)12(8)13/h6,9,17H,7H2,1-5H3. The number of aryl methyl sites for hydroxylation is 1. The van der Waals surface area contributed by atoms with E-state index in [-0.39, 0.29) is 22.9 Å². The summed E-state index contributed by atoms with van der Waals surface area (Å²) in [6, 6.07) is 2.03. The number of hydrogen-bond acceptors (Lipinski definition) is 2. The van der Waals surface area contributed by atoms with Crippen molar-refractivity contribution in [3.8, 4) is 5.75 Å². The molecule has 1 aliphatic carbocycles. The second-order valence-corrected chi connectivity index (χ2v) is 6.16. The number of phenolic OH excluding ortho intramolecular Hbond substituents is 1. The maximum Gasteiger partial charge on any atom is 0.167 e. The molecule has 17 heavy (non-hydrogen) atoms. The van der Waals surface area contributed by atoms with Crippen LogP contribution in [0.1, 0.15) is 67.1 Å². The van der Waals surface area contributed by atoms with E-state index >= 15 is 0 Å². The number of rotatable bonds is 0. The second kappa shape index (κ2) is 3.59. The highest BCUT2D eigenvalue weighted by Crippen LogP contribution is 2.44. The lowest BCUT2D eigenvalue weighted by molar-refractivity contribution is 0.0988. The molecule has 2 rings (SSSR count). The van der Waals surface area contributed by atoms with Gasteiger partial charge < -0.3 is 5.11 Å².